The van der Waals surface area contributed by atoms with Crippen molar-refractivity contribution in [2.24, 2.45) is 0 Å². The Morgan fingerprint density at radius 1 is 1.05 bits per heavy atom. The molecule has 0 saturated heterocycles. The molecule has 1 N–H and O–H groups in total. The Labute approximate surface area is 120 Å². The second-order valence-electron chi connectivity index (χ2n) is 5.00. The van der Waals surface area contributed by atoms with Crippen LogP contribution in [0.15, 0.2) is 24.3 Å². The van der Waals surface area contributed by atoms with Gasteiger partial charge in [-0.2, -0.15) is 13.2 Å². The molecule has 1 aliphatic rings. The number of fused-ring (bicyclic) bond motifs is 1. The summed E-state index contributed by atoms with van der Waals surface area (Å²) in [6, 6.07) is 4.95. The van der Waals surface area contributed by atoms with Crippen LogP contribution in [-0.4, -0.2) is 17.0 Å². The van der Waals surface area contributed by atoms with Crippen molar-refractivity contribution in [2.75, 3.05) is 12.4 Å². The van der Waals surface area contributed by atoms with Crippen LogP contribution < -0.4 is 5.32 Å². The van der Waals surface area contributed by atoms with Gasteiger partial charge in [-0.1, -0.05) is 12.1 Å². The Morgan fingerprint density at radius 3 is 2.38 bits per heavy atom. The summed E-state index contributed by atoms with van der Waals surface area (Å²) in [5, 5.41) is 3.04. The molecule has 1 aliphatic carbocycles. The van der Waals surface area contributed by atoms with Crippen molar-refractivity contribution >= 4 is 5.82 Å². The van der Waals surface area contributed by atoms with Gasteiger partial charge in [0.2, 0.25) is 0 Å². The maximum Gasteiger partial charge on any atom is 0.416 e. The predicted molar refractivity (Wildman–Crippen MR) is 74.0 cm³/mol. The number of alkyl halides is 3. The van der Waals surface area contributed by atoms with Crippen LogP contribution in [0.5, 0.6) is 0 Å². The molecule has 0 bridgehead atoms. The zero-order valence-corrected chi connectivity index (χ0v) is 11.5. The fourth-order valence-electron chi connectivity index (χ4n) is 2.58. The summed E-state index contributed by atoms with van der Waals surface area (Å²) in [6.07, 6.45) is -1.46. The summed E-state index contributed by atoms with van der Waals surface area (Å²) >= 11 is 0. The Hall–Kier alpha value is -2.11. The van der Waals surface area contributed by atoms with Crippen LogP contribution in [0.4, 0.5) is 19.0 Å². The first-order chi connectivity index (χ1) is 9.99. The fourth-order valence-corrected chi connectivity index (χ4v) is 2.58. The number of nitrogens with zero attached hydrogens (tertiary/aromatic N) is 2. The van der Waals surface area contributed by atoms with Crippen molar-refractivity contribution in [3.05, 3.63) is 41.1 Å². The monoisotopic (exact) mass is 293 g/mol. The number of halogens is 3. The molecular weight excluding hydrogens is 279 g/mol. The Bertz CT molecular complexity index is 663. The average Bonchev–Trinajstić information content (AvgIpc) is 2.93. The maximum absolute atomic E-state index is 12.6. The van der Waals surface area contributed by atoms with E-state index < -0.39 is 11.7 Å². The highest BCUT2D eigenvalue weighted by Crippen LogP contribution is 2.32. The van der Waals surface area contributed by atoms with Crippen LogP contribution in [0.1, 0.15) is 23.2 Å². The molecule has 0 spiro atoms. The van der Waals surface area contributed by atoms with Crippen LogP contribution in [0.25, 0.3) is 11.4 Å². The highest BCUT2D eigenvalue weighted by Gasteiger charge is 2.30. The van der Waals surface area contributed by atoms with Crippen molar-refractivity contribution < 1.29 is 13.2 Å². The van der Waals surface area contributed by atoms with Crippen molar-refractivity contribution in [1.29, 1.82) is 0 Å². The summed E-state index contributed by atoms with van der Waals surface area (Å²) in [6.45, 7) is 0. The van der Waals surface area contributed by atoms with E-state index in [-0.39, 0.29) is 0 Å². The average molecular weight is 293 g/mol. The van der Waals surface area contributed by atoms with Gasteiger partial charge in [-0.05, 0) is 31.4 Å². The summed E-state index contributed by atoms with van der Waals surface area (Å²) in [4.78, 5) is 8.91. The number of hydrogen-bond donors (Lipinski definition) is 1. The lowest BCUT2D eigenvalue weighted by Crippen LogP contribution is -2.05. The van der Waals surface area contributed by atoms with Gasteiger partial charge in [-0.15, -0.1) is 0 Å². The van der Waals surface area contributed by atoms with Crippen LogP contribution in [0, 0.1) is 0 Å². The molecule has 0 saturated carbocycles. The normalized spacial score (nSPS) is 14.1. The zero-order valence-electron chi connectivity index (χ0n) is 11.5. The van der Waals surface area contributed by atoms with Gasteiger partial charge in [0.25, 0.3) is 0 Å². The lowest BCUT2D eigenvalue weighted by Gasteiger charge is -2.10. The van der Waals surface area contributed by atoms with E-state index in [4.69, 9.17) is 0 Å². The molecule has 0 atom stereocenters. The lowest BCUT2D eigenvalue weighted by molar-refractivity contribution is -0.137. The first-order valence-electron chi connectivity index (χ1n) is 6.74. The van der Waals surface area contributed by atoms with Crippen molar-refractivity contribution in [3.63, 3.8) is 0 Å². The third-order valence-corrected chi connectivity index (χ3v) is 3.64. The number of nitrogens with one attached hydrogen (secondary N) is 1. The third-order valence-electron chi connectivity index (χ3n) is 3.64. The highest BCUT2D eigenvalue weighted by molar-refractivity contribution is 5.61. The van der Waals surface area contributed by atoms with Crippen LogP contribution in [0.3, 0.4) is 0 Å². The Balaban J connectivity index is 2.01. The zero-order chi connectivity index (χ0) is 15.0. The summed E-state index contributed by atoms with van der Waals surface area (Å²) < 4.78 is 37.7. The molecule has 3 rings (SSSR count). The van der Waals surface area contributed by atoms with Gasteiger partial charge in [0.1, 0.15) is 5.82 Å². The third kappa shape index (κ3) is 2.57. The van der Waals surface area contributed by atoms with E-state index in [1.54, 1.807) is 7.05 Å². The van der Waals surface area contributed by atoms with Gasteiger partial charge in [-0.3, -0.25) is 0 Å². The topological polar surface area (TPSA) is 37.8 Å². The number of rotatable bonds is 2. The van der Waals surface area contributed by atoms with E-state index in [1.165, 1.54) is 12.1 Å². The van der Waals surface area contributed by atoms with Crippen LogP contribution in [-0.2, 0) is 19.0 Å². The quantitative estimate of drug-likeness (QED) is 0.917. The van der Waals surface area contributed by atoms with Crippen molar-refractivity contribution in [3.8, 4) is 11.4 Å². The van der Waals surface area contributed by atoms with Gasteiger partial charge < -0.3 is 5.32 Å². The van der Waals surface area contributed by atoms with Gasteiger partial charge >= 0.3 is 6.18 Å². The number of benzene rings is 1. The van der Waals surface area contributed by atoms with Gasteiger partial charge in [0, 0.05) is 23.9 Å². The minimum atomic E-state index is -4.33. The van der Waals surface area contributed by atoms with Gasteiger partial charge in [-0.25, -0.2) is 9.97 Å². The smallest absolute Gasteiger partial charge is 0.373 e. The molecule has 110 valence electrons. The standard InChI is InChI=1S/C15H14F3N3/c1-19-14-11-3-2-4-12(11)20-13(21-14)9-5-7-10(8-6-9)15(16,17)18/h5-8H,2-4H2,1H3,(H,19,20,21). The Kier molecular flexibility index (Phi) is 3.31. The number of hydrogen-bond acceptors (Lipinski definition) is 3. The molecule has 1 heterocycles. The Morgan fingerprint density at radius 2 is 1.76 bits per heavy atom. The second kappa shape index (κ2) is 5.02. The fraction of sp³-hybridized carbons (Fsp3) is 0.333. The number of aryl methyl sites for hydroxylation is 1. The van der Waals surface area contributed by atoms with E-state index in [9.17, 15) is 13.2 Å². The predicted octanol–water partition coefficient (Wildman–Crippen LogP) is 3.69. The van der Waals surface area contributed by atoms with Crippen LogP contribution in [0.2, 0.25) is 0 Å². The molecule has 0 aliphatic heterocycles. The van der Waals surface area contributed by atoms with Crippen LogP contribution >= 0.6 is 0 Å². The summed E-state index contributed by atoms with van der Waals surface area (Å²) in [5.41, 5.74) is 2.04. The number of anilines is 1. The molecule has 0 fully saturated rings. The maximum atomic E-state index is 12.6. The minimum absolute atomic E-state index is 0.466. The molecule has 0 unspecified atom stereocenters. The molecule has 1 aromatic carbocycles. The first-order valence-corrected chi connectivity index (χ1v) is 6.74. The highest BCUT2D eigenvalue weighted by atomic mass is 19.4. The van der Waals surface area contributed by atoms with Crippen molar-refractivity contribution in [1.82, 2.24) is 9.97 Å². The van der Waals surface area contributed by atoms with E-state index in [0.717, 1.165) is 48.5 Å². The summed E-state index contributed by atoms with van der Waals surface area (Å²) in [7, 11) is 1.79. The molecular formula is C15H14F3N3. The van der Waals surface area contributed by atoms with Gasteiger partial charge in [0.15, 0.2) is 5.82 Å². The van der Waals surface area contributed by atoms with E-state index in [1.807, 2.05) is 0 Å². The minimum Gasteiger partial charge on any atom is -0.373 e. The molecule has 0 radical (unpaired) electrons. The SMILES string of the molecule is CNc1nc(-c2ccc(C(F)(F)F)cc2)nc2c1CCC2. The second-order valence-corrected chi connectivity index (χ2v) is 5.00. The molecule has 0 amide bonds. The van der Waals surface area contributed by atoms with E-state index >= 15 is 0 Å². The largest absolute Gasteiger partial charge is 0.416 e. The molecule has 21 heavy (non-hydrogen) atoms. The molecule has 1 aromatic heterocycles. The first kappa shape index (κ1) is 13.9. The lowest BCUT2D eigenvalue weighted by atomic mass is 10.1. The molecule has 2 aromatic rings. The van der Waals surface area contributed by atoms with Gasteiger partial charge in [0.05, 0.1) is 5.56 Å². The van der Waals surface area contributed by atoms with E-state index in [2.05, 4.69) is 15.3 Å². The summed E-state index contributed by atoms with van der Waals surface area (Å²) in [5.74, 6) is 1.24. The molecule has 6 heteroatoms. The molecule has 3 nitrogen and oxygen atoms in total. The van der Waals surface area contributed by atoms with Crippen molar-refractivity contribution in [2.45, 2.75) is 25.4 Å². The van der Waals surface area contributed by atoms with E-state index in [0.29, 0.717) is 11.4 Å². The number of aromatic nitrogens is 2.